The summed E-state index contributed by atoms with van der Waals surface area (Å²) in [4.78, 5) is 17.8. The molecule has 9 heteroatoms. The minimum absolute atomic E-state index is 0.0215. The minimum atomic E-state index is -4.17. The monoisotopic (exact) mass is 555 g/mol. The maximum absolute atomic E-state index is 13.8. The molecule has 4 rings (SSSR count). The molecule has 1 aliphatic rings. The summed E-state index contributed by atoms with van der Waals surface area (Å²) in [5, 5.41) is 0. The van der Waals surface area contributed by atoms with Gasteiger partial charge in [0, 0.05) is 24.7 Å². The number of imidazole rings is 1. The molecule has 39 heavy (non-hydrogen) atoms. The molecule has 2 atom stereocenters. The average molecular weight is 556 g/mol. The van der Waals surface area contributed by atoms with Gasteiger partial charge < -0.3 is 9.30 Å². The fourth-order valence-corrected chi connectivity index (χ4v) is 6.98. The second kappa shape index (κ2) is 9.47. The lowest BCUT2D eigenvalue weighted by Gasteiger charge is -2.35. The van der Waals surface area contributed by atoms with Crippen LogP contribution < -0.4 is 0 Å². The summed E-state index contributed by atoms with van der Waals surface area (Å²) in [5.41, 5.74) is 0.631. The zero-order valence-electron chi connectivity index (χ0n) is 24.1. The molecule has 210 valence electrons. The summed E-state index contributed by atoms with van der Waals surface area (Å²) in [7, 11) is -2.28. The molecule has 0 aliphatic heterocycles. The van der Waals surface area contributed by atoms with Crippen molar-refractivity contribution in [2.75, 3.05) is 0 Å². The highest BCUT2D eigenvalue weighted by molar-refractivity contribution is 7.89. The van der Waals surface area contributed by atoms with Crippen molar-refractivity contribution in [3.05, 3.63) is 71.8 Å². The maximum atomic E-state index is 13.8. The number of hydrogen-bond acceptors (Lipinski definition) is 5. The molecule has 1 heterocycles. The van der Waals surface area contributed by atoms with Gasteiger partial charge >= 0.3 is 6.09 Å². The van der Waals surface area contributed by atoms with E-state index in [1.807, 2.05) is 36.0 Å². The molecule has 3 aromatic rings. The summed E-state index contributed by atoms with van der Waals surface area (Å²) < 4.78 is 49.2. The number of halogens is 1. The number of amides is 1. The van der Waals surface area contributed by atoms with E-state index in [9.17, 15) is 17.6 Å². The van der Waals surface area contributed by atoms with Gasteiger partial charge in [-0.05, 0) is 82.7 Å². The number of carbonyl (C=O) groups is 1. The van der Waals surface area contributed by atoms with Gasteiger partial charge in [0.15, 0.2) is 0 Å². The van der Waals surface area contributed by atoms with Crippen molar-refractivity contribution < 1.29 is 22.3 Å². The van der Waals surface area contributed by atoms with Gasteiger partial charge in [-0.25, -0.2) is 22.6 Å². The number of sulfonamides is 1. The third-order valence-corrected chi connectivity index (χ3v) is 9.12. The van der Waals surface area contributed by atoms with E-state index in [2.05, 4.69) is 13.8 Å². The van der Waals surface area contributed by atoms with Crippen LogP contribution in [0.25, 0.3) is 11.4 Å². The topological polar surface area (TPSA) is 81.5 Å². The number of nitrogens with zero attached hydrogens (tertiary/aromatic N) is 3. The summed E-state index contributed by atoms with van der Waals surface area (Å²) in [6.07, 6.45) is 1.07. The molecular formula is C30H38FN3O4S. The number of aryl methyl sites for hydroxylation is 1. The smallest absolute Gasteiger partial charge is 0.424 e. The van der Waals surface area contributed by atoms with Crippen LogP contribution in [0, 0.1) is 11.2 Å². The zero-order valence-corrected chi connectivity index (χ0v) is 24.9. The van der Waals surface area contributed by atoms with E-state index in [0.717, 1.165) is 15.6 Å². The second-order valence-electron chi connectivity index (χ2n) is 12.9. The lowest BCUT2D eigenvalue weighted by molar-refractivity contribution is 0.0282. The molecule has 0 spiro atoms. The standard InChI is InChI=1S/C30H38FN3O4S/c1-28(2,3)34(27(35)38-29(4,5)6)39(36,37)22-15-13-19(14-16-22)24-25(30(24,7)8)23-18-33(9)26(32-23)20-11-10-12-21(31)17-20/h10-18,24-25H,1-9H3/t24-,25-/m0/s1. The molecule has 1 fully saturated rings. The first kappa shape index (κ1) is 28.8. The van der Waals surface area contributed by atoms with Crippen LogP contribution in [0.1, 0.15) is 78.5 Å². The van der Waals surface area contributed by atoms with Crippen molar-refractivity contribution >= 4 is 16.1 Å². The Kier molecular flexibility index (Phi) is 6.99. The van der Waals surface area contributed by atoms with Gasteiger partial charge in [0.1, 0.15) is 17.2 Å². The van der Waals surface area contributed by atoms with Crippen LogP contribution in [0.15, 0.2) is 59.6 Å². The Balaban J connectivity index is 1.62. The van der Waals surface area contributed by atoms with Gasteiger partial charge in [0.2, 0.25) is 0 Å². The van der Waals surface area contributed by atoms with E-state index >= 15 is 0 Å². The van der Waals surface area contributed by atoms with Gasteiger partial charge in [0.05, 0.1) is 16.1 Å². The van der Waals surface area contributed by atoms with E-state index in [0.29, 0.717) is 11.4 Å². The first-order valence-corrected chi connectivity index (χ1v) is 14.5. The van der Waals surface area contributed by atoms with E-state index < -0.39 is 27.3 Å². The first-order valence-electron chi connectivity index (χ1n) is 13.0. The summed E-state index contributed by atoms with van der Waals surface area (Å²) >= 11 is 0. The predicted octanol–water partition coefficient (Wildman–Crippen LogP) is 6.86. The Hall–Kier alpha value is -3.20. The molecule has 2 aromatic carbocycles. The van der Waals surface area contributed by atoms with Crippen molar-refractivity contribution in [3.8, 4) is 11.4 Å². The molecule has 7 nitrogen and oxygen atoms in total. The van der Waals surface area contributed by atoms with Crippen LogP contribution in [0.5, 0.6) is 0 Å². The fraction of sp³-hybridized carbons (Fsp3) is 0.467. The van der Waals surface area contributed by atoms with Crippen molar-refractivity contribution in [2.45, 2.75) is 83.3 Å². The van der Waals surface area contributed by atoms with Crippen molar-refractivity contribution in [1.29, 1.82) is 0 Å². The minimum Gasteiger partial charge on any atom is -0.443 e. The van der Waals surface area contributed by atoms with Crippen LogP contribution in [0.4, 0.5) is 9.18 Å². The Bertz CT molecular complexity index is 1500. The van der Waals surface area contributed by atoms with Gasteiger partial charge in [-0.1, -0.05) is 38.1 Å². The normalized spacial score (nSPS) is 19.0. The van der Waals surface area contributed by atoms with Crippen molar-refractivity contribution in [2.24, 2.45) is 12.5 Å². The second-order valence-corrected chi connectivity index (χ2v) is 14.7. The van der Waals surface area contributed by atoms with E-state index in [4.69, 9.17) is 9.72 Å². The molecule has 0 unspecified atom stereocenters. The summed E-state index contributed by atoms with van der Waals surface area (Å²) in [6.45, 7) is 14.4. The SMILES string of the molecule is Cn1cc([C@H]2[C@H](c3ccc(S(=O)(=O)N(C(=O)OC(C)(C)C)C(C)(C)C)cc3)C2(C)C)nc1-c1cccc(F)c1. The third kappa shape index (κ3) is 5.60. The molecule has 0 saturated heterocycles. The van der Waals surface area contributed by atoms with E-state index in [1.54, 1.807) is 59.7 Å². The van der Waals surface area contributed by atoms with Crippen LogP contribution in [0.2, 0.25) is 0 Å². The third-order valence-electron chi connectivity index (χ3n) is 7.07. The Morgan fingerprint density at radius 2 is 1.64 bits per heavy atom. The van der Waals surface area contributed by atoms with Gasteiger partial charge in [0.25, 0.3) is 10.0 Å². The molecule has 1 aromatic heterocycles. The number of hydrogen-bond donors (Lipinski definition) is 0. The van der Waals surface area contributed by atoms with E-state index in [-0.39, 0.29) is 28.0 Å². The molecule has 0 N–H and O–H groups in total. The fourth-order valence-electron chi connectivity index (χ4n) is 5.34. The molecule has 0 bridgehead atoms. The van der Waals surface area contributed by atoms with Crippen LogP contribution in [-0.4, -0.2) is 39.5 Å². The Labute approximate surface area is 231 Å². The molecule has 0 radical (unpaired) electrons. The molecule has 1 amide bonds. The van der Waals surface area contributed by atoms with Crippen molar-refractivity contribution in [1.82, 2.24) is 13.9 Å². The quantitative estimate of drug-likeness (QED) is 0.344. The number of benzene rings is 2. The van der Waals surface area contributed by atoms with Crippen LogP contribution >= 0.6 is 0 Å². The van der Waals surface area contributed by atoms with Crippen molar-refractivity contribution in [3.63, 3.8) is 0 Å². The molecule has 1 aliphatic carbocycles. The van der Waals surface area contributed by atoms with Crippen LogP contribution in [0.3, 0.4) is 0 Å². The largest absolute Gasteiger partial charge is 0.443 e. The van der Waals surface area contributed by atoms with Gasteiger partial charge in [-0.3, -0.25) is 0 Å². The number of carbonyl (C=O) groups excluding carboxylic acids is 1. The lowest BCUT2D eigenvalue weighted by Crippen LogP contribution is -2.51. The zero-order chi connectivity index (χ0) is 29.1. The highest BCUT2D eigenvalue weighted by Gasteiger charge is 2.60. The van der Waals surface area contributed by atoms with Gasteiger partial charge in [-0.15, -0.1) is 0 Å². The van der Waals surface area contributed by atoms with Gasteiger partial charge in [-0.2, -0.15) is 4.31 Å². The predicted molar refractivity (Wildman–Crippen MR) is 149 cm³/mol. The highest BCUT2D eigenvalue weighted by Crippen LogP contribution is 2.69. The highest BCUT2D eigenvalue weighted by atomic mass is 32.2. The Morgan fingerprint density at radius 3 is 2.18 bits per heavy atom. The number of ether oxygens (including phenoxy) is 1. The summed E-state index contributed by atoms with van der Waals surface area (Å²) in [5.74, 6) is 0.612. The summed E-state index contributed by atoms with van der Waals surface area (Å²) in [6, 6.07) is 13.1. The van der Waals surface area contributed by atoms with Crippen LogP contribution in [-0.2, 0) is 21.8 Å². The molecular weight excluding hydrogens is 517 g/mol. The first-order chi connectivity index (χ1) is 17.8. The Morgan fingerprint density at radius 1 is 1.03 bits per heavy atom. The molecule has 1 saturated carbocycles. The number of aromatic nitrogens is 2. The lowest BCUT2D eigenvalue weighted by atomic mass is 10.0. The number of rotatable bonds is 5. The average Bonchev–Trinajstić information content (AvgIpc) is 3.14. The maximum Gasteiger partial charge on any atom is 0.424 e. The van der Waals surface area contributed by atoms with E-state index in [1.165, 1.54) is 12.1 Å².